The van der Waals surface area contributed by atoms with E-state index in [9.17, 15) is 9.50 Å². The van der Waals surface area contributed by atoms with E-state index in [1.165, 1.54) is 12.1 Å². The first kappa shape index (κ1) is 12.5. The first-order chi connectivity index (χ1) is 8.20. The number of halogens is 1. The van der Waals surface area contributed by atoms with Gasteiger partial charge in [0.05, 0.1) is 6.10 Å². The summed E-state index contributed by atoms with van der Waals surface area (Å²) in [6.07, 6.45) is 1.59. The van der Waals surface area contributed by atoms with Crippen LogP contribution in [0.5, 0.6) is 0 Å². The van der Waals surface area contributed by atoms with Gasteiger partial charge in [-0.15, -0.1) is 0 Å². The molecule has 0 unspecified atom stereocenters. The Bertz CT molecular complexity index is 344. The Morgan fingerprint density at radius 2 is 1.88 bits per heavy atom. The lowest BCUT2D eigenvalue weighted by Crippen LogP contribution is -2.35. The summed E-state index contributed by atoms with van der Waals surface area (Å²) in [5.74, 6) is 0.0602. The van der Waals surface area contributed by atoms with Gasteiger partial charge in [-0.05, 0) is 56.1 Å². The van der Waals surface area contributed by atoms with Gasteiger partial charge >= 0.3 is 0 Å². The van der Waals surface area contributed by atoms with Crippen LogP contribution in [0.3, 0.4) is 0 Å². The number of aliphatic hydroxyl groups is 1. The van der Waals surface area contributed by atoms with Crippen LogP contribution in [0.2, 0.25) is 0 Å². The molecule has 1 fully saturated rings. The highest BCUT2D eigenvalue weighted by molar-refractivity contribution is 5.19. The minimum Gasteiger partial charge on any atom is -0.388 e. The molecular formula is C14H20FNO. The number of likely N-dealkylation sites (tertiary alicyclic amines) is 1. The van der Waals surface area contributed by atoms with E-state index in [4.69, 9.17) is 0 Å². The molecule has 0 radical (unpaired) electrons. The second-order valence-electron chi connectivity index (χ2n) is 4.77. The summed E-state index contributed by atoms with van der Waals surface area (Å²) >= 11 is 0. The van der Waals surface area contributed by atoms with Crippen LogP contribution in [-0.2, 0) is 0 Å². The molecule has 0 saturated carbocycles. The van der Waals surface area contributed by atoms with Crippen molar-refractivity contribution in [2.75, 3.05) is 19.6 Å². The smallest absolute Gasteiger partial charge is 0.123 e. The Morgan fingerprint density at radius 1 is 1.29 bits per heavy atom. The fourth-order valence-electron chi connectivity index (χ4n) is 2.52. The Hall–Kier alpha value is -0.930. The van der Waals surface area contributed by atoms with Crippen LogP contribution in [0.1, 0.15) is 31.4 Å². The lowest BCUT2D eigenvalue weighted by atomic mass is 9.87. The van der Waals surface area contributed by atoms with Gasteiger partial charge in [-0.3, -0.25) is 0 Å². The van der Waals surface area contributed by atoms with Gasteiger partial charge in [-0.2, -0.15) is 0 Å². The average Bonchev–Trinajstić information content (AvgIpc) is 2.39. The molecule has 1 atom stereocenters. The molecule has 0 bridgehead atoms. The molecule has 2 rings (SSSR count). The summed E-state index contributed by atoms with van der Waals surface area (Å²) in [5, 5.41) is 10.3. The van der Waals surface area contributed by atoms with E-state index < -0.39 is 6.10 Å². The summed E-state index contributed by atoms with van der Waals surface area (Å²) in [4.78, 5) is 2.40. The van der Waals surface area contributed by atoms with E-state index in [0.29, 0.717) is 5.92 Å². The molecular weight excluding hydrogens is 217 g/mol. The second-order valence-corrected chi connectivity index (χ2v) is 4.77. The van der Waals surface area contributed by atoms with Crippen molar-refractivity contribution in [3.8, 4) is 0 Å². The topological polar surface area (TPSA) is 23.5 Å². The second kappa shape index (κ2) is 5.61. The van der Waals surface area contributed by atoms with Gasteiger partial charge in [-0.1, -0.05) is 19.1 Å². The summed E-state index contributed by atoms with van der Waals surface area (Å²) < 4.78 is 12.8. The minimum absolute atomic E-state index is 0.248. The van der Waals surface area contributed by atoms with Gasteiger partial charge in [0.1, 0.15) is 5.82 Å². The molecule has 1 aliphatic heterocycles. The first-order valence-electron chi connectivity index (χ1n) is 6.36. The first-order valence-corrected chi connectivity index (χ1v) is 6.36. The zero-order chi connectivity index (χ0) is 12.3. The molecule has 0 spiro atoms. The van der Waals surface area contributed by atoms with Crippen LogP contribution >= 0.6 is 0 Å². The minimum atomic E-state index is -0.449. The summed E-state index contributed by atoms with van der Waals surface area (Å²) in [5.41, 5.74) is 0.835. The lowest BCUT2D eigenvalue weighted by Gasteiger charge is -2.33. The molecule has 2 nitrogen and oxygen atoms in total. The van der Waals surface area contributed by atoms with Crippen LogP contribution in [0.25, 0.3) is 0 Å². The summed E-state index contributed by atoms with van der Waals surface area (Å²) in [6.45, 7) is 5.36. The van der Waals surface area contributed by atoms with E-state index in [0.717, 1.165) is 38.0 Å². The molecule has 1 saturated heterocycles. The summed E-state index contributed by atoms with van der Waals surface area (Å²) in [6, 6.07) is 6.21. The number of hydrogen-bond acceptors (Lipinski definition) is 2. The third-order valence-electron chi connectivity index (χ3n) is 3.74. The highest BCUT2D eigenvalue weighted by atomic mass is 19.1. The van der Waals surface area contributed by atoms with Crippen molar-refractivity contribution in [1.82, 2.24) is 4.90 Å². The molecule has 17 heavy (non-hydrogen) atoms. The molecule has 0 amide bonds. The van der Waals surface area contributed by atoms with Crippen LogP contribution in [0, 0.1) is 11.7 Å². The van der Waals surface area contributed by atoms with Crippen molar-refractivity contribution in [2.24, 2.45) is 5.92 Å². The van der Waals surface area contributed by atoms with Crippen molar-refractivity contribution in [2.45, 2.75) is 25.9 Å². The number of hydrogen-bond donors (Lipinski definition) is 1. The van der Waals surface area contributed by atoms with Crippen molar-refractivity contribution in [1.29, 1.82) is 0 Å². The van der Waals surface area contributed by atoms with Gasteiger partial charge in [0.2, 0.25) is 0 Å². The SMILES string of the molecule is CCN1CCC([C@@H](O)c2ccc(F)cc2)CC1. The van der Waals surface area contributed by atoms with Crippen molar-refractivity contribution < 1.29 is 9.50 Å². The van der Waals surface area contributed by atoms with Crippen LogP contribution < -0.4 is 0 Å². The molecule has 1 aromatic carbocycles. The van der Waals surface area contributed by atoms with Crippen LogP contribution in [0.4, 0.5) is 4.39 Å². The third-order valence-corrected chi connectivity index (χ3v) is 3.74. The number of aliphatic hydroxyl groups excluding tert-OH is 1. The Balaban J connectivity index is 1.96. The average molecular weight is 237 g/mol. The Morgan fingerprint density at radius 3 is 2.41 bits per heavy atom. The molecule has 3 heteroatoms. The Kier molecular flexibility index (Phi) is 4.13. The number of benzene rings is 1. The molecule has 1 heterocycles. The van der Waals surface area contributed by atoms with Crippen molar-refractivity contribution in [3.05, 3.63) is 35.6 Å². The maximum absolute atomic E-state index is 12.8. The number of piperidine rings is 1. The van der Waals surface area contributed by atoms with E-state index in [1.807, 2.05) is 0 Å². The normalized spacial score (nSPS) is 20.4. The lowest BCUT2D eigenvalue weighted by molar-refractivity contribution is 0.0604. The number of rotatable bonds is 3. The quantitative estimate of drug-likeness (QED) is 0.873. The van der Waals surface area contributed by atoms with Crippen molar-refractivity contribution in [3.63, 3.8) is 0 Å². The molecule has 1 aromatic rings. The zero-order valence-corrected chi connectivity index (χ0v) is 10.3. The van der Waals surface area contributed by atoms with Gasteiger partial charge in [0.15, 0.2) is 0 Å². The molecule has 1 N–H and O–H groups in total. The predicted octanol–water partition coefficient (Wildman–Crippen LogP) is 2.59. The van der Waals surface area contributed by atoms with E-state index >= 15 is 0 Å². The Labute approximate surface area is 102 Å². The third kappa shape index (κ3) is 3.05. The predicted molar refractivity (Wildman–Crippen MR) is 66.2 cm³/mol. The highest BCUT2D eigenvalue weighted by Crippen LogP contribution is 2.30. The highest BCUT2D eigenvalue weighted by Gasteiger charge is 2.25. The van der Waals surface area contributed by atoms with Gasteiger partial charge in [0.25, 0.3) is 0 Å². The summed E-state index contributed by atoms with van der Waals surface area (Å²) in [7, 11) is 0. The molecule has 94 valence electrons. The maximum atomic E-state index is 12.8. The monoisotopic (exact) mass is 237 g/mol. The van der Waals surface area contributed by atoms with E-state index in [-0.39, 0.29) is 5.82 Å². The van der Waals surface area contributed by atoms with E-state index in [1.54, 1.807) is 12.1 Å². The van der Waals surface area contributed by atoms with Gasteiger partial charge in [-0.25, -0.2) is 4.39 Å². The molecule has 0 aromatic heterocycles. The number of nitrogens with zero attached hydrogens (tertiary/aromatic N) is 1. The van der Waals surface area contributed by atoms with E-state index in [2.05, 4.69) is 11.8 Å². The largest absolute Gasteiger partial charge is 0.388 e. The van der Waals surface area contributed by atoms with Crippen LogP contribution in [-0.4, -0.2) is 29.6 Å². The standard InChI is InChI=1S/C14H20FNO/c1-2-16-9-7-12(8-10-16)14(17)11-3-5-13(15)6-4-11/h3-6,12,14,17H,2,7-10H2,1H3/t14-/m0/s1. The fourth-order valence-corrected chi connectivity index (χ4v) is 2.52. The molecule has 1 aliphatic rings. The van der Waals surface area contributed by atoms with Gasteiger partial charge in [0, 0.05) is 0 Å². The molecule has 0 aliphatic carbocycles. The van der Waals surface area contributed by atoms with Crippen molar-refractivity contribution >= 4 is 0 Å². The van der Waals surface area contributed by atoms with Crippen LogP contribution in [0.15, 0.2) is 24.3 Å². The van der Waals surface area contributed by atoms with Gasteiger partial charge < -0.3 is 10.0 Å². The maximum Gasteiger partial charge on any atom is 0.123 e. The zero-order valence-electron chi connectivity index (χ0n) is 10.3. The fraction of sp³-hybridized carbons (Fsp3) is 0.571.